The molecule has 3 rings (SSSR count). The lowest BCUT2D eigenvalue weighted by Crippen LogP contribution is -2.37. The monoisotopic (exact) mass is 481 g/mol. The number of benzene rings is 2. The number of rotatable bonds is 9. The van der Waals surface area contributed by atoms with Gasteiger partial charge in [0.15, 0.2) is 0 Å². The van der Waals surface area contributed by atoms with Crippen molar-refractivity contribution in [2.45, 2.75) is 19.9 Å². The van der Waals surface area contributed by atoms with Gasteiger partial charge in [0.05, 0.1) is 12.0 Å². The highest BCUT2D eigenvalue weighted by atomic mass is 35.5. The summed E-state index contributed by atoms with van der Waals surface area (Å²) < 4.78 is 1.20. The number of nitrogens with one attached hydrogen (secondary N) is 3. The number of hydrogen-bond donors (Lipinski definition) is 3. The van der Waals surface area contributed by atoms with Crippen molar-refractivity contribution in [3.05, 3.63) is 81.9 Å². The maximum absolute atomic E-state index is 12.3. The maximum Gasteiger partial charge on any atom is 0.254 e. The minimum absolute atomic E-state index is 0.108. The molecule has 3 N–H and O–H groups in total. The molecule has 0 aliphatic rings. The van der Waals surface area contributed by atoms with E-state index in [0.29, 0.717) is 28.4 Å². The molecule has 3 amide bonds. The molecule has 0 aliphatic heterocycles. The molecule has 0 unspecified atom stereocenters. The molecule has 0 spiro atoms. The van der Waals surface area contributed by atoms with Gasteiger partial charge in [0.1, 0.15) is 6.54 Å². The van der Waals surface area contributed by atoms with E-state index < -0.39 is 0 Å². The van der Waals surface area contributed by atoms with Crippen LogP contribution in [0.4, 0.5) is 5.69 Å². The van der Waals surface area contributed by atoms with Gasteiger partial charge >= 0.3 is 0 Å². The van der Waals surface area contributed by atoms with Crippen LogP contribution in [0.5, 0.6) is 0 Å². The minimum atomic E-state index is -0.381. The third kappa shape index (κ3) is 7.01. The lowest BCUT2D eigenvalue weighted by molar-refractivity contribution is -0.121. The summed E-state index contributed by atoms with van der Waals surface area (Å²) in [4.78, 5) is 52.3. The third-order valence-corrected chi connectivity index (χ3v) is 5.07. The van der Waals surface area contributed by atoms with Crippen LogP contribution in [0.3, 0.4) is 0 Å². The van der Waals surface area contributed by atoms with Gasteiger partial charge < -0.3 is 16.0 Å². The van der Waals surface area contributed by atoms with Gasteiger partial charge in [-0.3, -0.25) is 23.7 Å². The van der Waals surface area contributed by atoms with Gasteiger partial charge in [0.25, 0.3) is 11.5 Å². The van der Waals surface area contributed by atoms with Crippen LogP contribution in [0, 0.1) is 0 Å². The second-order valence-electron chi connectivity index (χ2n) is 7.33. The fraction of sp³-hybridized carbons (Fsp3) is 0.208. The molecule has 34 heavy (non-hydrogen) atoms. The molecule has 0 saturated heterocycles. The van der Waals surface area contributed by atoms with Gasteiger partial charge in [-0.1, -0.05) is 30.7 Å². The smallest absolute Gasteiger partial charge is 0.254 e. The molecule has 0 radical (unpaired) electrons. The van der Waals surface area contributed by atoms with Crippen LogP contribution in [-0.4, -0.2) is 40.4 Å². The van der Waals surface area contributed by atoms with Gasteiger partial charge in [-0.05, 0) is 36.4 Å². The quantitative estimate of drug-likeness (QED) is 0.405. The third-order valence-electron chi connectivity index (χ3n) is 4.82. The van der Waals surface area contributed by atoms with Gasteiger partial charge in [0, 0.05) is 47.4 Å². The summed E-state index contributed by atoms with van der Waals surface area (Å²) in [5, 5.41) is 8.64. The summed E-state index contributed by atoms with van der Waals surface area (Å²) in [6.07, 6.45) is 1.69. The number of hydrogen-bond acceptors (Lipinski definition) is 5. The van der Waals surface area contributed by atoms with Crippen molar-refractivity contribution < 1.29 is 14.4 Å². The summed E-state index contributed by atoms with van der Waals surface area (Å²) in [6.45, 7) is 1.97. The van der Waals surface area contributed by atoms with Gasteiger partial charge in [-0.2, -0.15) is 0 Å². The molecule has 1 aromatic heterocycles. The maximum atomic E-state index is 12.3. The number of amides is 3. The van der Waals surface area contributed by atoms with E-state index >= 15 is 0 Å². The average Bonchev–Trinajstić information content (AvgIpc) is 2.84. The summed E-state index contributed by atoms with van der Waals surface area (Å²) in [5.74, 6) is -0.794. The highest BCUT2D eigenvalue weighted by Crippen LogP contribution is 2.18. The van der Waals surface area contributed by atoms with Crippen molar-refractivity contribution in [1.82, 2.24) is 20.2 Å². The molecule has 2 aromatic carbocycles. The van der Waals surface area contributed by atoms with Crippen molar-refractivity contribution in [3.63, 3.8) is 0 Å². The predicted octanol–water partition coefficient (Wildman–Crippen LogP) is 2.46. The Morgan fingerprint density at radius 2 is 1.62 bits per heavy atom. The second-order valence-corrected chi connectivity index (χ2v) is 7.77. The first kappa shape index (κ1) is 24.7. The Hall–Kier alpha value is -3.98. The summed E-state index contributed by atoms with van der Waals surface area (Å²) in [5.41, 5.74) is 1.92. The first-order valence-electron chi connectivity index (χ1n) is 10.6. The van der Waals surface area contributed by atoms with Crippen LogP contribution >= 0.6 is 11.6 Å². The van der Waals surface area contributed by atoms with Crippen LogP contribution in [0.25, 0.3) is 11.3 Å². The molecule has 0 aliphatic carbocycles. The van der Waals surface area contributed by atoms with E-state index in [1.807, 2.05) is 0 Å². The van der Waals surface area contributed by atoms with E-state index in [1.165, 1.54) is 17.0 Å². The fourth-order valence-corrected chi connectivity index (χ4v) is 3.09. The normalized spacial score (nSPS) is 10.4. The zero-order chi connectivity index (χ0) is 24.5. The van der Waals surface area contributed by atoms with E-state index in [2.05, 4.69) is 20.9 Å². The highest BCUT2D eigenvalue weighted by Gasteiger charge is 2.09. The Morgan fingerprint density at radius 1 is 0.941 bits per heavy atom. The van der Waals surface area contributed by atoms with Crippen LogP contribution in [0.2, 0.25) is 5.02 Å². The van der Waals surface area contributed by atoms with E-state index in [1.54, 1.807) is 55.5 Å². The van der Waals surface area contributed by atoms with Crippen LogP contribution in [-0.2, 0) is 16.1 Å². The first-order valence-corrected chi connectivity index (χ1v) is 11.0. The van der Waals surface area contributed by atoms with Crippen molar-refractivity contribution in [2.24, 2.45) is 0 Å². The van der Waals surface area contributed by atoms with Crippen LogP contribution in [0.15, 0.2) is 65.7 Å². The molecular weight excluding hydrogens is 458 g/mol. The molecule has 0 fully saturated rings. The van der Waals surface area contributed by atoms with Gasteiger partial charge in [0.2, 0.25) is 11.8 Å². The number of carbonyl (C=O) groups is 3. The Kier molecular flexibility index (Phi) is 8.53. The zero-order valence-electron chi connectivity index (χ0n) is 18.5. The van der Waals surface area contributed by atoms with Crippen molar-refractivity contribution in [3.8, 4) is 11.3 Å². The van der Waals surface area contributed by atoms with Gasteiger partial charge in [-0.15, -0.1) is 0 Å². The lowest BCUT2D eigenvalue weighted by atomic mass is 10.1. The number of carbonyl (C=O) groups excluding carboxylic acids is 3. The Labute approximate surface area is 201 Å². The van der Waals surface area contributed by atoms with E-state index in [-0.39, 0.29) is 42.9 Å². The zero-order valence-corrected chi connectivity index (χ0v) is 19.3. The number of nitrogens with zero attached hydrogens (tertiary/aromatic N) is 2. The summed E-state index contributed by atoms with van der Waals surface area (Å²) >= 11 is 5.87. The molecule has 1 heterocycles. The highest BCUT2D eigenvalue weighted by molar-refractivity contribution is 6.30. The van der Waals surface area contributed by atoms with Crippen molar-refractivity contribution in [1.29, 1.82) is 0 Å². The van der Waals surface area contributed by atoms with E-state index in [0.717, 1.165) is 5.56 Å². The molecule has 0 bridgehead atoms. The Balaban J connectivity index is 1.44. The molecule has 176 valence electrons. The molecular formula is C24H24ClN5O4. The minimum Gasteiger partial charge on any atom is -0.353 e. The largest absolute Gasteiger partial charge is 0.353 e. The first-order chi connectivity index (χ1) is 16.4. The van der Waals surface area contributed by atoms with E-state index in [4.69, 9.17) is 11.6 Å². The molecule has 3 aromatic rings. The standard InChI is InChI=1S/C24H24ClN5O4/c1-2-21(31)29-19-9-5-17(6-10-19)24(34)27-12-11-26-22(32)14-30-15-28-20(13-23(30)33)16-3-7-18(25)8-4-16/h3-10,13,15H,2,11-12,14H2,1H3,(H,26,32)(H,27,34)(H,29,31). The van der Waals surface area contributed by atoms with Crippen molar-refractivity contribution >= 4 is 35.0 Å². The fourth-order valence-electron chi connectivity index (χ4n) is 2.97. The predicted molar refractivity (Wildman–Crippen MR) is 130 cm³/mol. The Morgan fingerprint density at radius 3 is 2.26 bits per heavy atom. The average molecular weight is 482 g/mol. The summed E-state index contributed by atoms with van der Waals surface area (Å²) in [7, 11) is 0. The van der Waals surface area contributed by atoms with Gasteiger partial charge in [-0.25, -0.2) is 4.98 Å². The van der Waals surface area contributed by atoms with Crippen LogP contribution in [0.1, 0.15) is 23.7 Å². The SMILES string of the molecule is CCC(=O)Nc1ccc(C(=O)NCCNC(=O)Cn2cnc(-c3ccc(Cl)cc3)cc2=O)cc1. The van der Waals surface area contributed by atoms with E-state index in [9.17, 15) is 19.2 Å². The number of aromatic nitrogens is 2. The topological polar surface area (TPSA) is 122 Å². The summed E-state index contributed by atoms with van der Waals surface area (Å²) in [6, 6.07) is 14.8. The Bertz CT molecular complexity index is 1220. The van der Waals surface area contributed by atoms with Crippen molar-refractivity contribution in [2.75, 3.05) is 18.4 Å². The second kappa shape index (κ2) is 11.8. The molecule has 9 nitrogen and oxygen atoms in total. The number of anilines is 1. The molecule has 10 heteroatoms. The molecule has 0 saturated carbocycles. The number of halogens is 1. The van der Waals surface area contributed by atoms with Crippen LogP contribution < -0.4 is 21.5 Å². The molecule has 0 atom stereocenters. The lowest BCUT2D eigenvalue weighted by Gasteiger charge is -2.09.